The summed E-state index contributed by atoms with van der Waals surface area (Å²) in [5.74, 6) is 0. The van der Waals surface area contributed by atoms with Gasteiger partial charge in [0.05, 0.1) is 0 Å². The van der Waals surface area contributed by atoms with Crippen LogP contribution in [0.4, 0.5) is 4.79 Å². The van der Waals surface area contributed by atoms with E-state index in [1.54, 1.807) is 0 Å². The number of hydrogen-bond acceptors (Lipinski definition) is 4. The number of carbonyl (C=O) groups is 1. The number of nitrogens with one attached hydrogen (secondary N) is 1. The zero-order chi connectivity index (χ0) is 10.6. The Balaban J connectivity index is 2.65. The molecule has 0 atom stereocenters. The molecule has 0 aromatic carbocycles. The Kier molecular flexibility index (Phi) is 3.27. The fourth-order valence-corrected chi connectivity index (χ4v) is 0.927. The lowest BCUT2D eigenvalue weighted by Crippen LogP contribution is -2.39. The quantitative estimate of drug-likeness (QED) is 0.710. The minimum atomic E-state index is -0.578. The van der Waals surface area contributed by atoms with Gasteiger partial charge in [-0.1, -0.05) is 0 Å². The van der Waals surface area contributed by atoms with E-state index in [0.717, 1.165) is 11.1 Å². The molecular weight excluding hydrogens is 188 g/mol. The summed E-state index contributed by atoms with van der Waals surface area (Å²) in [6.07, 6.45) is 0.530. The molecule has 14 heavy (non-hydrogen) atoms. The van der Waals surface area contributed by atoms with Crippen LogP contribution in [-0.4, -0.2) is 39.0 Å². The van der Waals surface area contributed by atoms with E-state index in [2.05, 4.69) is 10.2 Å². The van der Waals surface area contributed by atoms with Crippen LogP contribution in [0.25, 0.3) is 0 Å². The van der Waals surface area contributed by atoms with Gasteiger partial charge in [-0.3, -0.25) is 0 Å². The standard InChI is InChI=1S/C7H12N4O3/c1-3-10(4-2)7(13)14-11-5-8-9-6(11)12/h5H,3-4H2,1-2H3,(H,9,12). The summed E-state index contributed by atoms with van der Waals surface area (Å²) in [5.41, 5.74) is -0.578. The molecule has 1 rings (SSSR count). The van der Waals surface area contributed by atoms with Gasteiger partial charge in [0.15, 0.2) is 6.33 Å². The molecule has 0 bridgehead atoms. The minimum Gasteiger partial charge on any atom is -0.311 e. The lowest BCUT2D eigenvalue weighted by Gasteiger charge is -2.16. The highest BCUT2D eigenvalue weighted by molar-refractivity contribution is 5.67. The van der Waals surface area contributed by atoms with Gasteiger partial charge in [0.1, 0.15) is 0 Å². The normalized spacial score (nSPS) is 9.86. The molecule has 0 spiro atoms. The van der Waals surface area contributed by atoms with Gasteiger partial charge in [-0.2, -0.15) is 5.10 Å². The smallest absolute Gasteiger partial charge is 0.311 e. The zero-order valence-electron chi connectivity index (χ0n) is 8.06. The average Bonchev–Trinajstić information content (AvgIpc) is 2.54. The number of hydrogen-bond donors (Lipinski definition) is 1. The van der Waals surface area contributed by atoms with Crippen LogP contribution in [-0.2, 0) is 0 Å². The Morgan fingerprint density at radius 2 is 2.29 bits per heavy atom. The third-order valence-electron chi connectivity index (χ3n) is 1.72. The molecule has 7 heteroatoms. The van der Waals surface area contributed by atoms with Crippen LogP contribution in [0, 0.1) is 0 Å². The average molecular weight is 200 g/mol. The second-order valence-electron chi connectivity index (χ2n) is 2.52. The van der Waals surface area contributed by atoms with E-state index in [9.17, 15) is 9.59 Å². The lowest BCUT2D eigenvalue weighted by molar-refractivity contribution is 0.0917. The van der Waals surface area contributed by atoms with Crippen molar-refractivity contribution < 1.29 is 9.63 Å². The summed E-state index contributed by atoms with van der Waals surface area (Å²) >= 11 is 0. The Morgan fingerprint density at radius 3 is 2.71 bits per heavy atom. The summed E-state index contributed by atoms with van der Waals surface area (Å²) < 4.78 is 0.751. The fourth-order valence-electron chi connectivity index (χ4n) is 0.927. The van der Waals surface area contributed by atoms with Gasteiger partial charge in [0, 0.05) is 13.1 Å². The van der Waals surface area contributed by atoms with Crippen LogP contribution in [0.3, 0.4) is 0 Å². The highest BCUT2D eigenvalue weighted by Gasteiger charge is 2.12. The number of nitrogens with zero attached hydrogens (tertiary/aromatic N) is 3. The second kappa shape index (κ2) is 4.45. The molecule has 0 saturated carbocycles. The van der Waals surface area contributed by atoms with Gasteiger partial charge in [-0.25, -0.2) is 14.7 Å². The molecule has 1 aromatic rings. The van der Waals surface area contributed by atoms with Crippen LogP contribution >= 0.6 is 0 Å². The monoisotopic (exact) mass is 200 g/mol. The molecule has 0 fully saturated rings. The van der Waals surface area contributed by atoms with Crippen molar-refractivity contribution in [2.75, 3.05) is 13.1 Å². The van der Waals surface area contributed by atoms with Gasteiger partial charge in [-0.15, -0.1) is 4.73 Å². The molecular formula is C7H12N4O3. The van der Waals surface area contributed by atoms with Crippen molar-refractivity contribution >= 4 is 6.09 Å². The van der Waals surface area contributed by atoms with Crippen LogP contribution in [0.2, 0.25) is 0 Å². The van der Waals surface area contributed by atoms with Crippen LogP contribution < -0.4 is 10.5 Å². The number of aromatic amines is 1. The molecule has 7 nitrogen and oxygen atoms in total. The summed E-state index contributed by atoms with van der Waals surface area (Å²) in [7, 11) is 0. The van der Waals surface area contributed by atoms with E-state index in [4.69, 9.17) is 4.84 Å². The highest BCUT2D eigenvalue weighted by Crippen LogP contribution is 1.89. The Hall–Kier alpha value is -1.79. The maximum Gasteiger partial charge on any atom is 0.434 e. The first kappa shape index (κ1) is 10.3. The van der Waals surface area contributed by atoms with Crippen molar-refractivity contribution in [3.05, 3.63) is 16.8 Å². The summed E-state index contributed by atoms with van der Waals surface area (Å²) in [5, 5.41) is 5.53. The van der Waals surface area contributed by atoms with Crippen molar-refractivity contribution in [3.8, 4) is 0 Å². The molecule has 1 N–H and O–H groups in total. The van der Waals surface area contributed by atoms with E-state index in [1.807, 2.05) is 13.8 Å². The molecule has 78 valence electrons. The number of H-pyrrole nitrogens is 1. The third kappa shape index (κ3) is 2.12. The van der Waals surface area contributed by atoms with Crippen LogP contribution in [0.15, 0.2) is 11.1 Å². The van der Waals surface area contributed by atoms with E-state index >= 15 is 0 Å². The van der Waals surface area contributed by atoms with Crippen molar-refractivity contribution in [2.45, 2.75) is 13.8 Å². The maximum atomic E-state index is 11.3. The number of carbonyl (C=O) groups excluding carboxylic acids is 1. The van der Waals surface area contributed by atoms with E-state index in [-0.39, 0.29) is 0 Å². The van der Waals surface area contributed by atoms with Gasteiger partial charge < -0.3 is 9.74 Å². The van der Waals surface area contributed by atoms with E-state index in [1.165, 1.54) is 4.90 Å². The first-order valence-corrected chi connectivity index (χ1v) is 4.28. The van der Waals surface area contributed by atoms with Gasteiger partial charge in [-0.05, 0) is 13.8 Å². The van der Waals surface area contributed by atoms with Crippen molar-refractivity contribution in [3.63, 3.8) is 0 Å². The predicted molar refractivity (Wildman–Crippen MR) is 47.7 cm³/mol. The van der Waals surface area contributed by atoms with E-state index < -0.39 is 11.8 Å². The summed E-state index contributed by atoms with van der Waals surface area (Å²) in [6, 6.07) is 0. The molecule has 0 saturated heterocycles. The molecule has 1 heterocycles. The second-order valence-corrected chi connectivity index (χ2v) is 2.52. The van der Waals surface area contributed by atoms with Crippen LogP contribution in [0.1, 0.15) is 13.8 Å². The molecule has 1 aromatic heterocycles. The molecule has 0 aliphatic carbocycles. The number of amides is 1. The number of aromatic nitrogens is 3. The fraction of sp³-hybridized carbons (Fsp3) is 0.571. The summed E-state index contributed by atoms with van der Waals surface area (Å²) in [6.45, 7) is 4.70. The maximum absolute atomic E-state index is 11.3. The first-order chi connectivity index (χ1) is 6.69. The van der Waals surface area contributed by atoms with Gasteiger partial charge in [0.2, 0.25) is 0 Å². The number of rotatable bonds is 3. The van der Waals surface area contributed by atoms with Crippen LogP contribution in [0.5, 0.6) is 0 Å². The lowest BCUT2D eigenvalue weighted by atomic mass is 10.6. The molecule has 0 aliphatic heterocycles. The Morgan fingerprint density at radius 1 is 1.64 bits per heavy atom. The zero-order valence-corrected chi connectivity index (χ0v) is 8.06. The summed E-state index contributed by atoms with van der Waals surface area (Å²) in [4.78, 5) is 28.4. The van der Waals surface area contributed by atoms with Crippen molar-refractivity contribution in [2.24, 2.45) is 0 Å². The molecule has 0 radical (unpaired) electrons. The topological polar surface area (TPSA) is 80.2 Å². The van der Waals surface area contributed by atoms with E-state index in [0.29, 0.717) is 13.1 Å². The first-order valence-electron chi connectivity index (χ1n) is 4.28. The molecule has 0 unspecified atom stereocenters. The van der Waals surface area contributed by atoms with Gasteiger partial charge in [0.25, 0.3) is 0 Å². The van der Waals surface area contributed by atoms with Gasteiger partial charge >= 0.3 is 11.8 Å². The predicted octanol–water partition coefficient (Wildman–Crippen LogP) is -0.538. The molecule has 0 aliphatic rings. The SMILES string of the molecule is CCN(CC)C(=O)On1cn[nH]c1=O. The minimum absolute atomic E-state index is 0.530. The van der Waals surface area contributed by atoms with Crippen molar-refractivity contribution in [1.82, 2.24) is 19.8 Å². The Labute approximate surface area is 80.2 Å². The Bertz CT molecular complexity index is 352. The largest absolute Gasteiger partial charge is 0.434 e. The third-order valence-corrected chi connectivity index (χ3v) is 1.72. The highest BCUT2D eigenvalue weighted by atomic mass is 16.7. The van der Waals surface area contributed by atoms with Crippen molar-refractivity contribution in [1.29, 1.82) is 0 Å². The molecule has 1 amide bonds.